The highest BCUT2D eigenvalue weighted by atomic mass is 32.2. The summed E-state index contributed by atoms with van der Waals surface area (Å²) in [6.07, 6.45) is 2.24. The first-order chi connectivity index (χ1) is 10.9. The molecule has 1 fully saturated rings. The van der Waals surface area contributed by atoms with Crippen LogP contribution in [-0.4, -0.2) is 47.1 Å². The highest BCUT2D eigenvalue weighted by Gasteiger charge is 2.27. The zero-order chi connectivity index (χ0) is 17.0. The minimum Gasteiger partial charge on any atom is -0.496 e. The molecule has 4 N–H and O–H groups in total. The number of carbonyl (C=O) groups is 1. The van der Waals surface area contributed by atoms with Crippen molar-refractivity contribution in [2.24, 2.45) is 5.14 Å². The van der Waals surface area contributed by atoms with Gasteiger partial charge in [0.1, 0.15) is 11.8 Å². The number of quaternary nitrogens is 1. The molecule has 8 heteroatoms. The number of rotatable bonds is 6. The van der Waals surface area contributed by atoms with Crippen LogP contribution >= 0.6 is 0 Å². The standard InChI is InChI=1S/C15H23N3O4S/c1-3-18-8-4-5-11(18)10-17-15(19)13-9-12(23(16,20)21)6-7-14(13)22-2/h6-7,9,11H,3-5,8,10H2,1-2H3,(H,17,19)(H2,16,20,21)/p+1/t11-/m1/s1. The number of carbonyl (C=O) groups excluding carboxylic acids is 1. The average molecular weight is 342 g/mol. The van der Waals surface area contributed by atoms with E-state index in [0.717, 1.165) is 25.9 Å². The number of hydrogen-bond donors (Lipinski definition) is 3. The van der Waals surface area contributed by atoms with Crippen molar-refractivity contribution >= 4 is 15.9 Å². The highest BCUT2D eigenvalue weighted by molar-refractivity contribution is 7.89. The van der Waals surface area contributed by atoms with Crippen LogP contribution in [0.5, 0.6) is 5.75 Å². The molecule has 0 aliphatic carbocycles. The molecule has 0 aromatic heterocycles. The van der Waals surface area contributed by atoms with Gasteiger partial charge in [-0.3, -0.25) is 4.79 Å². The number of benzene rings is 1. The minimum absolute atomic E-state index is 0.106. The Balaban J connectivity index is 2.14. The van der Waals surface area contributed by atoms with Gasteiger partial charge in [-0.1, -0.05) is 0 Å². The molecule has 1 aliphatic rings. The lowest BCUT2D eigenvalue weighted by molar-refractivity contribution is -0.909. The zero-order valence-electron chi connectivity index (χ0n) is 13.5. The second-order valence-electron chi connectivity index (χ2n) is 5.72. The van der Waals surface area contributed by atoms with E-state index in [9.17, 15) is 13.2 Å². The number of primary sulfonamides is 1. The Morgan fingerprint density at radius 3 is 2.83 bits per heavy atom. The lowest BCUT2D eigenvalue weighted by Gasteiger charge is -2.20. The molecule has 7 nitrogen and oxygen atoms in total. The molecule has 2 rings (SSSR count). The summed E-state index contributed by atoms with van der Waals surface area (Å²) in [6.45, 7) is 4.85. The molecule has 0 radical (unpaired) electrons. The first-order valence-electron chi connectivity index (χ1n) is 7.70. The maximum absolute atomic E-state index is 12.4. The van der Waals surface area contributed by atoms with E-state index in [-0.39, 0.29) is 16.4 Å². The molecule has 1 amide bonds. The number of hydrogen-bond acceptors (Lipinski definition) is 4. The van der Waals surface area contributed by atoms with E-state index in [2.05, 4.69) is 12.2 Å². The quantitative estimate of drug-likeness (QED) is 0.626. The number of ether oxygens (including phenoxy) is 1. The van der Waals surface area contributed by atoms with Crippen LogP contribution in [0, 0.1) is 0 Å². The predicted molar refractivity (Wildman–Crippen MR) is 86.1 cm³/mol. The van der Waals surface area contributed by atoms with Gasteiger partial charge in [-0.2, -0.15) is 0 Å². The summed E-state index contributed by atoms with van der Waals surface area (Å²) in [6, 6.07) is 4.41. The molecule has 0 bridgehead atoms. The summed E-state index contributed by atoms with van der Waals surface area (Å²) < 4.78 is 28.1. The molecule has 1 aromatic carbocycles. The monoisotopic (exact) mass is 342 g/mol. The number of nitrogens with one attached hydrogen (secondary N) is 2. The van der Waals surface area contributed by atoms with Crippen molar-refractivity contribution in [3.63, 3.8) is 0 Å². The second-order valence-corrected chi connectivity index (χ2v) is 7.28. The Bertz CT molecular complexity index is 675. The van der Waals surface area contributed by atoms with Crippen molar-refractivity contribution in [2.45, 2.75) is 30.7 Å². The maximum atomic E-state index is 12.4. The van der Waals surface area contributed by atoms with Crippen LogP contribution in [0.1, 0.15) is 30.1 Å². The topological polar surface area (TPSA) is 103 Å². The van der Waals surface area contributed by atoms with Gasteiger partial charge in [-0.25, -0.2) is 13.6 Å². The molecule has 1 heterocycles. The van der Waals surface area contributed by atoms with Crippen molar-refractivity contribution < 1.29 is 22.8 Å². The largest absolute Gasteiger partial charge is 0.496 e. The average Bonchev–Trinajstić information content (AvgIpc) is 2.98. The molecular weight excluding hydrogens is 318 g/mol. The predicted octanol–water partition coefficient (Wildman–Crippen LogP) is -0.860. The van der Waals surface area contributed by atoms with Crippen molar-refractivity contribution in [2.75, 3.05) is 26.7 Å². The van der Waals surface area contributed by atoms with Crippen LogP contribution in [-0.2, 0) is 10.0 Å². The third-order valence-corrected chi connectivity index (χ3v) is 5.25. The van der Waals surface area contributed by atoms with Gasteiger partial charge in [0.05, 0.1) is 37.2 Å². The van der Waals surface area contributed by atoms with Crippen LogP contribution in [0.3, 0.4) is 0 Å². The van der Waals surface area contributed by atoms with E-state index >= 15 is 0 Å². The summed E-state index contributed by atoms with van der Waals surface area (Å²) in [5.74, 6) is -0.0317. The van der Waals surface area contributed by atoms with Gasteiger partial charge in [-0.05, 0) is 25.1 Å². The van der Waals surface area contributed by atoms with E-state index in [1.165, 1.54) is 30.2 Å². The Morgan fingerprint density at radius 2 is 2.22 bits per heavy atom. The second kappa shape index (κ2) is 7.29. The third kappa shape index (κ3) is 4.21. The summed E-state index contributed by atoms with van der Waals surface area (Å²) in [5, 5.41) is 8.01. The molecule has 23 heavy (non-hydrogen) atoms. The molecule has 128 valence electrons. The first-order valence-corrected chi connectivity index (χ1v) is 9.25. The Morgan fingerprint density at radius 1 is 1.48 bits per heavy atom. The van der Waals surface area contributed by atoms with E-state index in [4.69, 9.17) is 9.88 Å². The number of likely N-dealkylation sites (N-methyl/N-ethyl adjacent to an activating group) is 1. The molecule has 1 aliphatic heterocycles. The molecule has 2 atom stereocenters. The molecule has 1 saturated heterocycles. The summed E-state index contributed by atoms with van der Waals surface area (Å²) in [7, 11) is -2.43. The van der Waals surface area contributed by atoms with Gasteiger partial charge >= 0.3 is 0 Å². The van der Waals surface area contributed by atoms with Crippen molar-refractivity contribution in [1.29, 1.82) is 0 Å². The van der Waals surface area contributed by atoms with E-state index in [1.807, 2.05) is 0 Å². The first kappa shape index (κ1) is 17.7. The van der Waals surface area contributed by atoms with Gasteiger partial charge < -0.3 is 15.0 Å². The maximum Gasteiger partial charge on any atom is 0.255 e. The Hall–Kier alpha value is -1.64. The van der Waals surface area contributed by atoms with E-state index in [0.29, 0.717) is 18.3 Å². The van der Waals surface area contributed by atoms with Crippen LogP contribution < -0.4 is 20.1 Å². The summed E-state index contributed by atoms with van der Waals surface area (Å²) in [5.41, 5.74) is 0.176. The molecule has 0 saturated carbocycles. The number of sulfonamides is 1. The normalized spacial score (nSPS) is 21.2. The van der Waals surface area contributed by atoms with Crippen molar-refractivity contribution in [3.8, 4) is 5.75 Å². The van der Waals surface area contributed by atoms with E-state index < -0.39 is 10.0 Å². The van der Waals surface area contributed by atoms with Gasteiger partial charge in [0.2, 0.25) is 10.0 Å². The van der Waals surface area contributed by atoms with Crippen LogP contribution in [0.15, 0.2) is 23.1 Å². The van der Waals surface area contributed by atoms with Crippen LogP contribution in [0.4, 0.5) is 0 Å². The summed E-state index contributed by atoms with van der Waals surface area (Å²) >= 11 is 0. The minimum atomic E-state index is -3.87. The van der Waals surface area contributed by atoms with Crippen LogP contribution in [0.25, 0.3) is 0 Å². The van der Waals surface area contributed by atoms with Crippen molar-refractivity contribution in [1.82, 2.24) is 5.32 Å². The Kier molecular flexibility index (Phi) is 5.61. The molecule has 1 aromatic rings. The van der Waals surface area contributed by atoms with Gasteiger partial charge in [0.25, 0.3) is 5.91 Å². The number of nitrogens with two attached hydrogens (primary N) is 1. The molecule has 0 spiro atoms. The lowest BCUT2D eigenvalue weighted by Crippen LogP contribution is -3.14. The fourth-order valence-corrected chi connectivity index (χ4v) is 3.59. The van der Waals surface area contributed by atoms with Crippen LogP contribution in [0.2, 0.25) is 0 Å². The van der Waals surface area contributed by atoms with Gasteiger partial charge in [-0.15, -0.1) is 0 Å². The molecular formula is C15H24N3O4S+. The lowest BCUT2D eigenvalue weighted by atomic mass is 10.1. The zero-order valence-corrected chi connectivity index (χ0v) is 14.3. The molecule has 1 unspecified atom stereocenters. The summed E-state index contributed by atoms with van der Waals surface area (Å²) in [4.78, 5) is 13.8. The number of amides is 1. The highest BCUT2D eigenvalue weighted by Crippen LogP contribution is 2.21. The number of methoxy groups -OCH3 is 1. The number of likely N-dealkylation sites (tertiary alicyclic amines) is 1. The fraction of sp³-hybridized carbons (Fsp3) is 0.533. The van der Waals surface area contributed by atoms with E-state index in [1.54, 1.807) is 0 Å². The van der Waals surface area contributed by atoms with Gasteiger partial charge in [0, 0.05) is 12.8 Å². The fourth-order valence-electron chi connectivity index (χ4n) is 3.05. The van der Waals surface area contributed by atoms with Gasteiger partial charge in [0.15, 0.2) is 0 Å². The SMILES string of the molecule is CC[NH+]1CCC[C@@H]1CNC(=O)c1cc(S(N)(=O)=O)ccc1OC. The smallest absolute Gasteiger partial charge is 0.255 e. The Labute approximate surface area is 136 Å². The third-order valence-electron chi connectivity index (χ3n) is 4.34. The van der Waals surface area contributed by atoms with Crippen molar-refractivity contribution in [3.05, 3.63) is 23.8 Å².